The zero-order chi connectivity index (χ0) is 21.2. The minimum atomic E-state index is 0.0387. The van der Waals surface area contributed by atoms with Crippen LogP contribution in [0.15, 0.2) is 48.9 Å². The van der Waals surface area contributed by atoms with E-state index >= 15 is 0 Å². The van der Waals surface area contributed by atoms with E-state index in [0.717, 1.165) is 63.3 Å². The monoisotopic (exact) mass is 416 g/mol. The highest BCUT2D eigenvalue weighted by Crippen LogP contribution is 2.26. The first-order valence-electron chi connectivity index (χ1n) is 11.1. The summed E-state index contributed by atoms with van der Waals surface area (Å²) < 4.78 is 0. The van der Waals surface area contributed by atoms with Crippen molar-refractivity contribution in [1.29, 1.82) is 0 Å². The van der Waals surface area contributed by atoms with E-state index in [-0.39, 0.29) is 5.92 Å². The fourth-order valence-corrected chi connectivity index (χ4v) is 4.70. The Hall–Kier alpha value is -3.22. The van der Waals surface area contributed by atoms with Gasteiger partial charge in [0.25, 0.3) is 0 Å². The quantitative estimate of drug-likeness (QED) is 0.654. The first kappa shape index (κ1) is 19.7. The standard InChI is InChI=1S/C24H28N6O/c1-18-4-2-6-20(14-18)28-10-12-29(13-11-28)24(31)19-5-3-9-30(17-19)21-15-22-23(27-16-21)26-8-7-25-22/h2,4,6-8,14-16,19H,3,5,9-13,17H2,1H3/t19-/m0/s1. The number of piperazine rings is 1. The minimum Gasteiger partial charge on any atom is -0.369 e. The van der Waals surface area contributed by atoms with Crippen LogP contribution in [0, 0.1) is 12.8 Å². The Bertz CT molecular complexity index is 1080. The van der Waals surface area contributed by atoms with Crippen molar-refractivity contribution in [2.75, 3.05) is 49.1 Å². The molecule has 2 saturated heterocycles. The van der Waals surface area contributed by atoms with Crippen LogP contribution in [0.2, 0.25) is 0 Å². The molecule has 2 aliphatic rings. The lowest BCUT2D eigenvalue weighted by atomic mass is 9.95. The highest BCUT2D eigenvalue weighted by Gasteiger charge is 2.31. The SMILES string of the molecule is Cc1cccc(N2CCN(C(=O)[C@H]3CCCN(c4cnc5nccnc5c4)C3)CC2)c1. The second-order valence-corrected chi connectivity index (χ2v) is 8.53. The second kappa shape index (κ2) is 8.49. The molecule has 0 saturated carbocycles. The van der Waals surface area contributed by atoms with Gasteiger partial charge in [-0.1, -0.05) is 12.1 Å². The Kier molecular flexibility index (Phi) is 5.40. The fraction of sp³-hybridized carbons (Fsp3) is 0.417. The van der Waals surface area contributed by atoms with Gasteiger partial charge in [-0.25, -0.2) is 9.97 Å². The van der Waals surface area contributed by atoms with Crippen LogP contribution in [0.3, 0.4) is 0 Å². The predicted molar refractivity (Wildman–Crippen MR) is 122 cm³/mol. The van der Waals surface area contributed by atoms with E-state index in [4.69, 9.17) is 0 Å². The first-order chi connectivity index (χ1) is 15.2. The van der Waals surface area contributed by atoms with Gasteiger partial charge in [-0.05, 0) is 43.5 Å². The maximum absolute atomic E-state index is 13.3. The number of fused-ring (bicyclic) bond motifs is 1. The Morgan fingerprint density at radius 1 is 0.935 bits per heavy atom. The van der Waals surface area contributed by atoms with Crippen molar-refractivity contribution in [3.05, 3.63) is 54.5 Å². The number of benzene rings is 1. The summed E-state index contributed by atoms with van der Waals surface area (Å²) in [5.74, 6) is 0.332. The molecule has 0 unspecified atom stereocenters. The largest absolute Gasteiger partial charge is 0.369 e. The van der Waals surface area contributed by atoms with E-state index in [9.17, 15) is 4.79 Å². The minimum absolute atomic E-state index is 0.0387. The number of nitrogens with zero attached hydrogens (tertiary/aromatic N) is 6. The summed E-state index contributed by atoms with van der Waals surface area (Å²) in [7, 11) is 0. The number of carbonyl (C=O) groups is 1. The Morgan fingerprint density at radius 2 is 1.77 bits per heavy atom. The highest BCUT2D eigenvalue weighted by atomic mass is 16.2. The van der Waals surface area contributed by atoms with Crippen LogP contribution in [0.5, 0.6) is 0 Å². The molecule has 0 aliphatic carbocycles. The van der Waals surface area contributed by atoms with Gasteiger partial charge in [0.1, 0.15) is 5.52 Å². The summed E-state index contributed by atoms with van der Waals surface area (Å²) in [5, 5.41) is 0. The van der Waals surface area contributed by atoms with Crippen LogP contribution in [-0.4, -0.2) is 65.0 Å². The summed E-state index contributed by atoms with van der Waals surface area (Å²) in [4.78, 5) is 33.1. The molecule has 1 amide bonds. The Morgan fingerprint density at radius 3 is 2.61 bits per heavy atom. The molecule has 7 heteroatoms. The summed E-state index contributed by atoms with van der Waals surface area (Å²) in [6, 6.07) is 10.6. The normalized spacial score (nSPS) is 19.6. The maximum atomic E-state index is 13.3. The van der Waals surface area contributed by atoms with Gasteiger partial charge in [0.15, 0.2) is 5.65 Å². The predicted octanol–water partition coefficient (Wildman–Crippen LogP) is 2.90. The molecule has 0 radical (unpaired) electrons. The summed E-state index contributed by atoms with van der Waals surface area (Å²) in [5.41, 5.74) is 4.99. The van der Waals surface area contributed by atoms with Crippen LogP contribution in [-0.2, 0) is 4.79 Å². The van der Waals surface area contributed by atoms with E-state index in [2.05, 4.69) is 60.8 Å². The van der Waals surface area contributed by atoms with Crippen LogP contribution in [0.1, 0.15) is 18.4 Å². The average molecular weight is 417 g/mol. The van der Waals surface area contributed by atoms with Crippen molar-refractivity contribution >= 4 is 28.4 Å². The number of aromatic nitrogens is 3. The van der Waals surface area contributed by atoms with E-state index in [1.54, 1.807) is 12.4 Å². The lowest BCUT2D eigenvalue weighted by Gasteiger charge is -2.40. The number of rotatable bonds is 3. The van der Waals surface area contributed by atoms with Crippen molar-refractivity contribution in [2.24, 2.45) is 5.92 Å². The number of aryl methyl sites for hydroxylation is 1. The van der Waals surface area contributed by atoms with Gasteiger partial charge in [0.2, 0.25) is 5.91 Å². The first-order valence-corrected chi connectivity index (χ1v) is 11.1. The van der Waals surface area contributed by atoms with Gasteiger partial charge >= 0.3 is 0 Å². The van der Waals surface area contributed by atoms with Crippen molar-refractivity contribution in [3.63, 3.8) is 0 Å². The van der Waals surface area contributed by atoms with Crippen molar-refractivity contribution in [1.82, 2.24) is 19.9 Å². The number of hydrogen-bond donors (Lipinski definition) is 0. The smallest absolute Gasteiger partial charge is 0.227 e. The molecule has 0 bridgehead atoms. The molecule has 1 aromatic carbocycles. The molecule has 5 rings (SSSR count). The zero-order valence-electron chi connectivity index (χ0n) is 17.9. The third-order valence-corrected chi connectivity index (χ3v) is 6.40. The molecule has 1 atom stereocenters. The molecule has 31 heavy (non-hydrogen) atoms. The molecule has 2 aliphatic heterocycles. The molecule has 3 aromatic rings. The van der Waals surface area contributed by atoms with Gasteiger partial charge in [-0.15, -0.1) is 0 Å². The lowest BCUT2D eigenvalue weighted by molar-refractivity contribution is -0.136. The number of amides is 1. The molecule has 0 spiro atoms. The Balaban J connectivity index is 1.22. The van der Waals surface area contributed by atoms with E-state index < -0.39 is 0 Å². The summed E-state index contributed by atoms with van der Waals surface area (Å²) >= 11 is 0. The third-order valence-electron chi connectivity index (χ3n) is 6.40. The van der Waals surface area contributed by atoms with Crippen LogP contribution < -0.4 is 9.80 Å². The van der Waals surface area contributed by atoms with E-state index in [1.807, 2.05) is 12.3 Å². The molecule has 160 valence electrons. The summed E-state index contributed by atoms with van der Waals surface area (Å²) in [6.45, 7) is 7.16. The van der Waals surface area contributed by atoms with E-state index in [1.165, 1.54) is 11.3 Å². The van der Waals surface area contributed by atoms with Crippen molar-refractivity contribution < 1.29 is 4.79 Å². The van der Waals surface area contributed by atoms with Gasteiger partial charge in [-0.2, -0.15) is 0 Å². The molecular formula is C24H28N6O. The molecular weight excluding hydrogens is 388 g/mol. The van der Waals surface area contributed by atoms with Gasteiger partial charge in [-0.3, -0.25) is 9.78 Å². The van der Waals surface area contributed by atoms with Crippen molar-refractivity contribution in [3.8, 4) is 0 Å². The topological polar surface area (TPSA) is 65.5 Å². The third kappa shape index (κ3) is 4.17. The summed E-state index contributed by atoms with van der Waals surface area (Å²) in [6.07, 6.45) is 7.16. The lowest BCUT2D eigenvalue weighted by Crippen LogP contribution is -2.52. The molecule has 4 heterocycles. The van der Waals surface area contributed by atoms with Gasteiger partial charge in [0, 0.05) is 57.3 Å². The van der Waals surface area contributed by atoms with E-state index in [0.29, 0.717) is 11.6 Å². The van der Waals surface area contributed by atoms with Gasteiger partial charge < -0.3 is 14.7 Å². The number of pyridine rings is 1. The van der Waals surface area contributed by atoms with Crippen molar-refractivity contribution in [2.45, 2.75) is 19.8 Å². The van der Waals surface area contributed by atoms with Crippen LogP contribution >= 0.6 is 0 Å². The number of hydrogen-bond acceptors (Lipinski definition) is 6. The number of piperidine rings is 1. The second-order valence-electron chi connectivity index (χ2n) is 8.53. The van der Waals surface area contributed by atoms with Gasteiger partial charge in [0.05, 0.1) is 17.8 Å². The molecule has 2 fully saturated rings. The van der Waals surface area contributed by atoms with Crippen LogP contribution in [0.4, 0.5) is 11.4 Å². The number of anilines is 2. The average Bonchev–Trinajstić information content (AvgIpc) is 2.83. The highest BCUT2D eigenvalue weighted by molar-refractivity contribution is 5.80. The Labute approximate surface area is 182 Å². The van der Waals surface area contributed by atoms with Crippen LogP contribution in [0.25, 0.3) is 11.2 Å². The number of carbonyl (C=O) groups excluding carboxylic acids is 1. The molecule has 2 aromatic heterocycles. The molecule has 0 N–H and O–H groups in total. The fourth-order valence-electron chi connectivity index (χ4n) is 4.70. The zero-order valence-corrected chi connectivity index (χ0v) is 17.9. The molecule has 7 nitrogen and oxygen atoms in total. The maximum Gasteiger partial charge on any atom is 0.227 e.